The summed E-state index contributed by atoms with van der Waals surface area (Å²) in [5.74, 6) is 2.45. The number of primary amides is 1. The average Bonchev–Trinajstić information content (AvgIpc) is 3.12. The molecule has 2 N–H and O–H groups in total. The Morgan fingerprint density at radius 2 is 2.22 bits per heavy atom. The second kappa shape index (κ2) is 4.23. The van der Waals surface area contributed by atoms with E-state index in [0.717, 1.165) is 18.2 Å². The zero-order chi connectivity index (χ0) is 12.7. The predicted molar refractivity (Wildman–Crippen MR) is 68.1 cm³/mol. The Bertz CT molecular complexity index is 472. The van der Waals surface area contributed by atoms with Gasteiger partial charge in [-0.2, -0.15) is 0 Å². The van der Waals surface area contributed by atoms with E-state index >= 15 is 0 Å². The van der Waals surface area contributed by atoms with Gasteiger partial charge in [0.05, 0.1) is 5.92 Å². The Balaban J connectivity index is 1.79. The van der Waals surface area contributed by atoms with Gasteiger partial charge in [0.15, 0.2) is 0 Å². The monoisotopic (exact) mass is 246 g/mol. The summed E-state index contributed by atoms with van der Waals surface area (Å²) in [4.78, 5) is 22.4. The molecule has 0 bridgehead atoms. The van der Waals surface area contributed by atoms with Crippen LogP contribution in [-0.4, -0.2) is 29.0 Å². The van der Waals surface area contributed by atoms with Crippen molar-refractivity contribution in [3.8, 4) is 0 Å². The molecule has 1 saturated carbocycles. The number of aromatic nitrogens is 2. The van der Waals surface area contributed by atoms with Crippen molar-refractivity contribution in [1.82, 2.24) is 9.97 Å². The van der Waals surface area contributed by atoms with Crippen LogP contribution in [0.5, 0.6) is 0 Å². The number of amides is 1. The maximum Gasteiger partial charge on any atom is 0.222 e. The van der Waals surface area contributed by atoms with Crippen LogP contribution < -0.4 is 10.6 Å². The number of nitrogens with two attached hydrogens (primary N) is 1. The normalized spacial score (nSPS) is 27.5. The first-order chi connectivity index (χ1) is 8.65. The first kappa shape index (κ1) is 11.4. The fourth-order valence-corrected chi connectivity index (χ4v) is 2.60. The number of hydrogen-bond donors (Lipinski definition) is 1. The lowest BCUT2D eigenvalue weighted by Crippen LogP contribution is -2.29. The summed E-state index contributed by atoms with van der Waals surface area (Å²) in [6.07, 6.45) is 4.21. The molecule has 5 heteroatoms. The fourth-order valence-electron chi connectivity index (χ4n) is 2.60. The van der Waals surface area contributed by atoms with Crippen molar-refractivity contribution in [2.45, 2.75) is 25.7 Å². The van der Waals surface area contributed by atoms with E-state index in [2.05, 4.69) is 21.8 Å². The zero-order valence-corrected chi connectivity index (χ0v) is 10.5. The lowest BCUT2D eigenvalue weighted by Gasteiger charge is -2.17. The van der Waals surface area contributed by atoms with Gasteiger partial charge in [0.2, 0.25) is 5.91 Å². The van der Waals surface area contributed by atoms with Gasteiger partial charge in [-0.25, -0.2) is 9.97 Å². The van der Waals surface area contributed by atoms with Crippen LogP contribution >= 0.6 is 0 Å². The van der Waals surface area contributed by atoms with E-state index in [4.69, 9.17) is 5.73 Å². The SMILES string of the molecule is C[C@@H]1CN(c2ccnc(C3CC3)n2)C[C@H]1C(N)=O. The molecule has 1 aliphatic heterocycles. The third-order valence-corrected chi connectivity index (χ3v) is 3.90. The van der Waals surface area contributed by atoms with Gasteiger partial charge in [0.25, 0.3) is 0 Å². The third-order valence-electron chi connectivity index (χ3n) is 3.90. The molecule has 3 rings (SSSR count). The van der Waals surface area contributed by atoms with E-state index in [-0.39, 0.29) is 11.8 Å². The van der Waals surface area contributed by atoms with Gasteiger partial charge in [-0.15, -0.1) is 0 Å². The first-order valence-corrected chi connectivity index (χ1v) is 6.52. The maximum absolute atomic E-state index is 11.3. The fraction of sp³-hybridized carbons (Fsp3) is 0.615. The van der Waals surface area contributed by atoms with E-state index in [1.54, 1.807) is 0 Å². The summed E-state index contributed by atoms with van der Waals surface area (Å²) in [5.41, 5.74) is 5.42. The van der Waals surface area contributed by atoms with E-state index in [1.807, 2.05) is 12.3 Å². The molecule has 5 nitrogen and oxygen atoms in total. The summed E-state index contributed by atoms with van der Waals surface area (Å²) in [5, 5.41) is 0. The quantitative estimate of drug-likeness (QED) is 0.860. The standard InChI is InChI=1S/C13H18N4O/c1-8-6-17(7-10(8)12(14)18)11-4-5-15-13(16-11)9-2-3-9/h4-5,8-10H,2-3,6-7H2,1H3,(H2,14,18)/t8-,10-/m1/s1. The molecule has 18 heavy (non-hydrogen) atoms. The van der Waals surface area contributed by atoms with E-state index in [1.165, 1.54) is 12.8 Å². The Morgan fingerprint density at radius 3 is 2.83 bits per heavy atom. The first-order valence-electron chi connectivity index (χ1n) is 6.52. The Hall–Kier alpha value is -1.65. The molecule has 2 atom stereocenters. The van der Waals surface area contributed by atoms with Crippen molar-refractivity contribution in [2.75, 3.05) is 18.0 Å². The molecular formula is C13H18N4O. The molecule has 2 heterocycles. The van der Waals surface area contributed by atoms with Crippen LogP contribution in [0.1, 0.15) is 31.5 Å². The molecule has 0 unspecified atom stereocenters. The molecule has 2 aliphatic rings. The van der Waals surface area contributed by atoms with Gasteiger partial charge in [-0.05, 0) is 24.8 Å². The number of carbonyl (C=O) groups excluding carboxylic acids is 1. The number of hydrogen-bond acceptors (Lipinski definition) is 4. The average molecular weight is 246 g/mol. The van der Waals surface area contributed by atoms with E-state index in [0.29, 0.717) is 18.4 Å². The van der Waals surface area contributed by atoms with Gasteiger partial charge >= 0.3 is 0 Å². The molecule has 0 radical (unpaired) electrons. The Labute approximate surface area is 106 Å². The third kappa shape index (κ3) is 2.05. The van der Waals surface area contributed by atoms with E-state index in [9.17, 15) is 4.79 Å². The van der Waals surface area contributed by atoms with Crippen LogP contribution in [0.3, 0.4) is 0 Å². The van der Waals surface area contributed by atoms with Gasteiger partial charge in [0.1, 0.15) is 11.6 Å². The predicted octanol–water partition coefficient (Wildman–Crippen LogP) is 0.912. The van der Waals surface area contributed by atoms with Crippen LogP contribution in [0, 0.1) is 11.8 Å². The van der Waals surface area contributed by atoms with Crippen LogP contribution in [-0.2, 0) is 4.79 Å². The Morgan fingerprint density at radius 1 is 1.44 bits per heavy atom. The van der Waals surface area contributed by atoms with Crippen LogP contribution in [0.25, 0.3) is 0 Å². The van der Waals surface area contributed by atoms with Crippen molar-refractivity contribution in [2.24, 2.45) is 17.6 Å². The summed E-state index contributed by atoms with van der Waals surface area (Å²) in [6, 6.07) is 1.92. The van der Waals surface area contributed by atoms with E-state index < -0.39 is 0 Å². The number of rotatable bonds is 3. The number of anilines is 1. The van der Waals surface area contributed by atoms with Gasteiger partial charge in [-0.3, -0.25) is 4.79 Å². The minimum absolute atomic E-state index is 0.0654. The molecule has 1 amide bonds. The second-order valence-corrected chi connectivity index (χ2v) is 5.44. The minimum atomic E-state index is -0.207. The molecule has 2 fully saturated rings. The maximum atomic E-state index is 11.3. The molecule has 0 aromatic carbocycles. The van der Waals surface area contributed by atoms with Crippen LogP contribution in [0.15, 0.2) is 12.3 Å². The van der Waals surface area contributed by atoms with Gasteiger partial charge in [0, 0.05) is 25.2 Å². The molecular weight excluding hydrogens is 228 g/mol. The minimum Gasteiger partial charge on any atom is -0.369 e. The van der Waals surface area contributed by atoms with Crippen LogP contribution in [0.2, 0.25) is 0 Å². The van der Waals surface area contributed by atoms with Crippen LogP contribution in [0.4, 0.5) is 5.82 Å². The number of carbonyl (C=O) groups is 1. The smallest absolute Gasteiger partial charge is 0.222 e. The van der Waals surface area contributed by atoms with Crippen molar-refractivity contribution in [3.63, 3.8) is 0 Å². The number of nitrogens with zero attached hydrogens (tertiary/aromatic N) is 3. The van der Waals surface area contributed by atoms with Crippen molar-refractivity contribution < 1.29 is 4.79 Å². The molecule has 0 spiro atoms. The topological polar surface area (TPSA) is 72.1 Å². The molecule has 1 aromatic rings. The highest BCUT2D eigenvalue weighted by atomic mass is 16.1. The molecule has 1 aromatic heterocycles. The molecule has 1 saturated heterocycles. The highest BCUT2D eigenvalue weighted by Crippen LogP contribution is 2.38. The van der Waals surface area contributed by atoms with Gasteiger partial charge < -0.3 is 10.6 Å². The summed E-state index contributed by atoms with van der Waals surface area (Å²) >= 11 is 0. The van der Waals surface area contributed by atoms with Crippen molar-refractivity contribution in [3.05, 3.63) is 18.1 Å². The molecule has 96 valence electrons. The zero-order valence-electron chi connectivity index (χ0n) is 10.5. The highest BCUT2D eigenvalue weighted by Gasteiger charge is 2.34. The Kier molecular flexibility index (Phi) is 2.69. The highest BCUT2D eigenvalue weighted by molar-refractivity contribution is 5.78. The molecule has 1 aliphatic carbocycles. The van der Waals surface area contributed by atoms with Crippen molar-refractivity contribution >= 4 is 11.7 Å². The summed E-state index contributed by atoms with van der Waals surface area (Å²) < 4.78 is 0. The summed E-state index contributed by atoms with van der Waals surface area (Å²) in [7, 11) is 0. The van der Waals surface area contributed by atoms with Gasteiger partial charge in [-0.1, -0.05) is 6.92 Å². The second-order valence-electron chi connectivity index (χ2n) is 5.44. The largest absolute Gasteiger partial charge is 0.369 e. The lowest BCUT2D eigenvalue weighted by atomic mass is 9.98. The summed E-state index contributed by atoms with van der Waals surface area (Å²) in [6.45, 7) is 3.59. The lowest BCUT2D eigenvalue weighted by molar-refractivity contribution is -0.122. The van der Waals surface area contributed by atoms with Crippen molar-refractivity contribution in [1.29, 1.82) is 0 Å².